The van der Waals surface area contributed by atoms with Crippen LogP contribution in [0.2, 0.25) is 0 Å². The van der Waals surface area contributed by atoms with Crippen LogP contribution < -0.4 is 71.7 Å². The first-order valence-electron chi connectivity index (χ1n) is 44.1. The van der Waals surface area contributed by atoms with Crippen LogP contribution in [0.1, 0.15) is 79.4 Å². The molecule has 60 nitrogen and oxygen atoms in total. The summed E-state index contributed by atoms with van der Waals surface area (Å²) in [7, 11) is -5.39. The van der Waals surface area contributed by atoms with Crippen LogP contribution in [0.4, 0.5) is 29.1 Å². The van der Waals surface area contributed by atoms with Gasteiger partial charge in [-0.25, -0.2) is 53.6 Å². The Morgan fingerprint density at radius 1 is 0.431 bits per heavy atom. The average Bonchev–Trinajstić information content (AvgIpc) is 1.29. The summed E-state index contributed by atoms with van der Waals surface area (Å²) in [6.07, 6.45) is -27.8. The number of hydrogen-bond donors (Lipinski definition) is 8. The molecule has 6 fully saturated rings. The van der Waals surface area contributed by atoms with Crippen LogP contribution in [0.25, 0.3) is 22.3 Å². The van der Waals surface area contributed by atoms with Gasteiger partial charge in [0.25, 0.3) is 13.4 Å². The number of phosphoric ester groups is 2. The molecule has 8 aromatic rings. The van der Waals surface area contributed by atoms with Crippen molar-refractivity contribution in [3.05, 3.63) is 125 Å². The van der Waals surface area contributed by atoms with Crippen molar-refractivity contribution in [1.82, 2.24) is 77.2 Å². The highest BCUT2D eigenvalue weighted by Gasteiger charge is 2.57. The fourth-order valence-corrected chi connectivity index (χ4v) is 22.6. The molecule has 0 bridgehead atoms. The van der Waals surface area contributed by atoms with Crippen molar-refractivity contribution in [2.45, 2.75) is 189 Å². The van der Waals surface area contributed by atoms with Gasteiger partial charge < -0.3 is 178 Å². The molecule has 0 aliphatic carbocycles. The number of hydrogen-bond acceptors (Lipinski definition) is 55. The first-order chi connectivity index (χ1) is 68.5. The second kappa shape index (κ2) is 48.6. The smallest absolute Gasteiger partial charge is 0.472 e. The molecule has 8 aromatic heterocycles. The lowest BCUT2D eigenvalue weighted by Gasteiger charge is -2.36. The molecule has 0 spiro atoms. The van der Waals surface area contributed by atoms with E-state index in [2.05, 4.69) is 49.8 Å². The SMILES string of the molecule is CC[C@H]1O[C@@H](n2cnc3c(N)ncnc32)CC1OP([O-])(=S)OC[C@H]1O[C@@H](n2cc(C)c(N)nc2=O)[C@@H](OCCOC)C1OP(=O)([O-])OC[C@H]1O[C@@H](n2cc(C)c(N)nc2=O)[C@@H](OCCOC)C1OP(=O)(O)OC[C@H]1O[C@@H](n2cnc3c(N)ncnc32)[C@@H](OCCOC)C1OP(=O)([S-])OC[C@H]1O[C@@H](n2cc(C)c(=O)[nH]c2=O)[C@@H](OCCOC)C1OP([O-])(=S)OC[C@H]1O[C@@H](n2cc(C)c(N)nc2=O)[C@@H](OCCOC)C1O. The van der Waals surface area contributed by atoms with Gasteiger partial charge >= 0.3 is 30.6 Å². The van der Waals surface area contributed by atoms with Crippen molar-refractivity contribution >= 4 is 123 Å². The number of phosphoric acid groups is 2. The number of nitrogens with zero attached hydrogens (tertiary/aromatic N) is 15. The van der Waals surface area contributed by atoms with E-state index in [1.54, 1.807) is 18.4 Å². The highest BCUT2D eigenvalue weighted by atomic mass is 32.7. The van der Waals surface area contributed by atoms with Crippen molar-refractivity contribution in [1.29, 1.82) is 0 Å². The summed E-state index contributed by atoms with van der Waals surface area (Å²) in [6, 6.07) is 0. The van der Waals surface area contributed by atoms with Crippen LogP contribution in [-0.4, -0.2) is 326 Å². The molecular formula is C76H108N21O39P5S3-4. The second-order valence-electron chi connectivity index (χ2n) is 33.0. The maximum atomic E-state index is 15.6. The van der Waals surface area contributed by atoms with Gasteiger partial charge in [-0.2, -0.15) is 15.0 Å². The molecule has 0 amide bonds. The van der Waals surface area contributed by atoms with Gasteiger partial charge in [0.15, 0.2) is 60.9 Å². The van der Waals surface area contributed by atoms with Crippen molar-refractivity contribution < 1.29 is 159 Å². The molecule has 14 rings (SSSR count). The lowest BCUT2D eigenvalue weighted by molar-refractivity contribution is -0.237. The molecule has 68 heteroatoms. The number of rotatable bonds is 52. The van der Waals surface area contributed by atoms with Gasteiger partial charge in [0.05, 0.1) is 124 Å². The van der Waals surface area contributed by atoms with E-state index in [0.717, 1.165) is 30.8 Å². The summed E-state index contributed by atoms with van der Waals surface area (Å²) in [4.78, 5) is 164. The number of aliphatic hydroxyl groups is 1. The van der Waals surface area contributed by atoms with Crippen molar-refractivity contribution in [3.63, 3.8) is 0 Å². The largest absolute Gasteiger partial charge is 0.780 e. The number of H-pyrrole nitrogens is 1. The number of imidazole rings is 2. The number of ether oxygens (including phenoxy) is 16. The second-order valence-corrected chi connectivity index (χ2v) is 43.9. The maximum Gasteiger partial charge on any atom is 0.472 e. The lowest BCUT2D eigenvalue weighted by Crippen LogP contribution is -2.42. The van der Waals surface area contributed by atoms with Crippen LogP contribution >= 0.6 is 35.9 Å². The number of nitrogen functional groups attached to an aromatic ring is 5. The molecule has 0 aromatic carbocycles. The summed E-state index contributed by atoms with van der Waals surface area (Å²) >= 11 is 16.7. The highest BCUT2D eigenvalue weighted by molar-refractivity contribution is 8.32. The zero-order chi connectivity index (χ0) is 104. The Bertz CT molecular complexity index is 6360. The van der Waals surface area contributed by atoms with Gasteiger partial charge in [-0.05, 0) is 34.1 Å². The van der Waals surface area contributed by atoms with E-state index in [1.165, 1.54) is 98.5 Å². The average molecular weight is 2190 g/mol. The molecule has 6 aliphatic rings. The highest BCUT2D eigenvalue weighted by Crippen LogP contribution is 2.57. The molecule has 144 heavy (non-hydrogen) atoms. The number of nitrogens with one attached hydrogen (secondary N) is 1. The van der Waals surface area contributed by atoms with E-state index in [1.807, 2.05) is 0 Å². The summed E-state index contributed by atoms with van der Waals surface area (Å²) < 4.78 is 208. The fourth-order valence-electron chi connectivity index (χ4n) is 16.4. The molecule has 6 saturated heterocycles. The van der Waals surface area contributed by atoms with Crippen molar-refractivity contribution in [3.8, 4) is 0 Å². The molecular weight excluding hydrogens is 2080 g/mol. The predicted octanol–water partition coefficient (Wildman–Crippen LogP) is -2.76. The van der Waals surface area contributed by atoms with Gasteiger partial charge in [0.2, 0.25) is 0 Å². The number of aromatic nitrogens is 16. The zero-order valence-electron chi connectivity index (χ0n) is 78.5. The van der Waals surface area contributed by atoms with E-state index in [4.69, 9.17) is 186 Å². The first-order valence-corrected chi connectivity index (χ1v) is 54.7. The predicted molar refractivity (Wildman–Crippen MR) is 496 cm³/mol. The van der Waals surface area contributed by atoms with E-state index in [0.29, 0.717) is 17.6 Å². The summed E-state index contributed by atoms with van der Waals surface area (Å²) in [5.41, 5.74) is 26.8. The van der Waals surface area contributed by atoms with E-state index in [-0.39, 0.29) is 128 Å². The molecule has 0 saturated carbocycles. The molecule has 6 aliphatic heterocycles. The minimum Gasteiger partial charge on any atom is -0.780 e. The minimum atomic E-state index is -6.09. The van der Waals surface area contributed by atoms with Crippen molar-refractivity contribution in [2.24, 2.45) is 0 Å². The normalized spacial score (nSPS) is 29.3. The number of anilines is 5. The standard InChI is InChI=1S/C76H112N21O39P5S3/c1-11-40-41(22-47(126-40)96-34-86-48-63(80)82-32-84-65(48)96)132-139(108,142)124-30-45-52(57(118-19-14-113-8)70(129-45)94-25-38(4)62(79)90-75(94)102)134-137(104,105)121-28-43-51(56(117-18-13-112-7)69(128-43)93-24-37(3)61(78)89-74(93)101)133-138(106,107)122-29-44-53(59(120-21-16-115-10)72(131-44)97-35-87-49-64(81)83-33-85-66(49)97)135-141(110,144)125-31-46-54(58(119-20-15-114-9)71(130-46)95-26-39(5)67(99)91-76(95)103)136-140(109,143)123-27-42-50(98)55(116-17-12-111-6)68(127-42)92-23-36(2)60(77)88-73(92)100/h23-26,32-35,40-47,50-59,68-72,98H,11-22,27-31H2,1-10H3,(H,104,105)(H,106,107)(H,108,142)(H,109,143)(H,110,144)(H2,77,88,100)(H2,78,89,101)(H2,79,90,102)(H2,80,82,84)(H2,81,83,85)(H,91,99,103)/p-4/t40-,41?,42-,43-,44-,45-,46-,47-,50?,51?,52?,53?,54?,55+,56+,57+,58+,59+,68-,69-,70-,71-,72-,139?,140?,141?/m1/s1. The fraction of sp³-hybridized carbons (Fsp3) is 0.658. The Hall–Kier alpha value is -7.48. The zero-order valence-corrected chi connectivity index (χ0v) is 85.4. The van der Waals surface area contributed by atoms with Crippen LogP contribution in [0.5, 0.6) is 0 Å². The lowest BCUT2D eigenvalue weighted by atomic mass is 10.1. The number of nitrogens with two attached hydrogens (primary N) is 5. The van der Waals surface area contributed by atoms with Crippen LogP contribution in [0, 0.1) is 27.7 Å². The summed E-state index contributed by atoms with van der Waals surface area (Å²) in [5.74, 6) is -0.578. The Morgan fingerprint density at radius 2 is 0.799 bits per heavy atom. The Morgan fingerprint density at radius 3 is 1.26 bits per heavy atom. The van der Waals surface area contributed by atoms with E-state index >= 15 is 18.6 Å². The van der Waals surface area contributed by atoms with Gasteiger partial charge in [-0.3, -0.25) is 55.4 Å². The number of methoxy groups -OCH3 is 5. The van der Waals surface area contributed by atoms with Gasteiger partial charge in [0.1, 0.15) is 152 Å². The minimum absolute atomic E-state index is 0.00344. The third kappa shape index (κ3) is 26.6. The summed E-state index contributed by atoms with van der Waals surface area (Å²) in [5, 5.41) is 11.8. The monoisotopic (exact) mass is 2190 g/mol. The number of fused-ring (bicyclic) bond motifs is 2. The number of aromatic amines is 1. The molecule has 798 valence electrons. The Labute approximate surface area is 832 Å². The van der Waals surface area contributed by atoms with E-state index in [9.17, 15) is 43.8 Å². The molecule has 13 N–H and O–H groups in total. The third-order valence-electron chi connectivity index (χ3n) is 23.4. The van der Waals surface area contributed by atoms with Gasteiger partial charge in [-0.1, -0.05) is 30.5 Å². The summed E-state index contributed by atoms with van der Waals surface area (Å²) in [6.45, 7) is -15.3. The van der Waals surface area contributed by atoms with Crippen LogP contribution in [0.3, 0.4) is 0 Å². The van der Waals surface area contributed by atoms with Crippen molar-refractivity contribution in [2.75, 3.05) is 163 Å². The first kappa shape index (κ1) is 112. The van der Waals surface area contributed by atoms with Gasteiger partial charge in [0, 0.05) is 89.0 Å². The van der Waals surface area contributed by atoms with Gasteiger partial charge in [-0.15, -0.1) is 0 Å². The molecule has 14 heterocycles. The quantitative estimate of drug-likeness (QED) is 0.0109. The van der Waals surface area contributed by atoms with Crippen LogP contribution in [0.15, 0.2) is 74.1 Å². The number of aryl methyl sites for hydroxylation is 4. The molecule has 11 unspecified atom stereocenters. The van der Waals surface area contributed by atoms with E-state index < -0.39 is 245 Å². The Kier molecular flexibility index (Phi) is 37.9. The molecule has 0 radical (unpaired) electrons. The Balaban J connectivity index is 0.754. The third-order valence-corrected chi connectivity index (χ3v) is 30.0. The molecule has 28 atom stereocenters. The van der Waals surface area contributed by atoms with Crippen LogP contribution in [-0.2, 0) is 171 Å². The maximum absolute atomic E-state index is 15.6. The number of aliphatic hydroxyl groups excluding tert-OH is 1. The topological polar surface area (TPSA) is 778 Å².